The molecule has 0 aliphatic heterocycles. The molecule has 0 saturated heterocycles. The summed E-state index contributed by atoms with van der Waals surface area (Å²) in [6.45, 7) is 12.3. The van der Waals surface area contributed by atoms with Gasteiger partial charge in [0.25, 0.3) is 0 Å². The fourth-order valence-electron chi connectivity index (χ4n) is 10.4. The molecule has 0 aromatic heterocycles. The number of hydrogen-bond acceptors (Lipinski definition) is 7. The quantitative estimate of drug-likeness (QED) is 0.147. The first kappa shape index (κ1) is 34.1. The lowest BCUT2D eigenvalue weighted by atomic mass is 9.43. The zero-order valence-electron chi connectivity index (χ0n) is 27.4. The van der Waals surface area contributed by atoms with Gasteiger partial charge < -0.3 is 30.4 Å². The van der Waals surface area contributed by atoms with Crippen LogP contribution in [0.4, 0.5) is 0 Å². The highest BCUT2D eigenvalue weighted by molar-refractivity contribution is 5.69. The Hall–Kier alpha value is -0.730. The number of nitrogens with one attached hydrogen (secondary N) is 1. The Balaban J connectivity index is 1.20. The molecule has 0 radical (unpaired) electrons. The number of rotatable bonds is 17. The Kier molecular flexibility index (Phi) is 13.0. The van der Waals surface area contributed by atoms with Crippen molar-refractivity contribution >= 4 is 5.97 Å². The first-order chi connectivity index (χ1) is 20.2. The lowest BCUT2D eigenvalue weighted by Gasteiger charge is -2.62. The van der Waals surface area contributed by atoms with Crippen molar-refractivity contribution < 1.29 is 24.1 Å². The lowest BCUT2D eigenvalue weighted by Crippen LogP contribution is -2.59. The van der Waals surface area contributed by atoms with Crippen LogP contribution in [-0.2, 0) is 19.0 Å². The molecular formula is C35H64N2O5. The zero-order chi connectivity index (χ0) is 30.2. The van der Waals surface area contributed by atoms with E-state index in [0.717, 1.165) is 83.8 Å². The number of esters is 1. The van der Waals surface area contributed by atoms with Crippen molar-refractivity contribution in [1.29, 1.82) is 0 Å². The Morgan fingerprint density at radius 1 is 0.905 bits per heavy atom. The second kappa shape index (κ2) is 16.0. The van der Waals surface area contributed by atoms with Crippen LogP contribution in [0.1, 0.15) is 111 Å². The third kappa shape index (κ3) is 7.91. The van der Waals surface area contributed by atoms with E-state index in [1.54, 1.807) is 0 Å². The maximum atomic E-state index is 11.8. The fraction of sp³-hybridized carbons (Fsp3) is 0.971. The maximum Gasteiger partial charge on any atom is 0.305 e. The second-order valence-corrected chi connectivity index (χ2v) is 15.0. The minimum Gasteiger partial charge on any atom is -0.469 e. The van der Waals surface area contributed by atoms with Gasteiger partial charge >= 0.3 is 5.97 Å². The van der Waals surface area contributed by atoms with E-state index in [2.05, 4.69) is 26.1 Å². The molecule has 0 aromatic rings. The van der Waals surface area contributed by atoms with Gasteiger partial charge in [-0.15, -0.1) is 0 Å². The van der Waals surface area contributed by atoms with Crippen LogP contribution in [0, 0.1) is 46.3 Å². The minimum absolute atomic E-state index is 0.0789. The molecule has 0 heterocycles. The summed E-state index contributed by atoms with van der Waals surface area (Å²) < 4.78 is 16.3. The van der Waals surface area contributed by atoms with Crippen molar-refractivity contribution in [3.8, 4) is 0 Å². The zero-order valence-corrected chi connectivity index (χ0v) is 27.4. The van der Waals surface area contributed by atoms with Gasteiger partial charge in [0, 0.05) is 38.9 Å². The van der Waals surface area contributed by atoms with E-state index in [0.29, 0.717) is 54.0 Å². The predicted octanol–water partition coefficient (Wildman–Crippen LogP) is 5.72. The number of hydrogen-bond donors (Lipinski definition) is 3. The summed E-state index contributed by atoms with van der Waals surface area (Å²) in [4.78, 5) is 11.8. The number of methoxy groups -OCH3 is 1. The van der Waals surface area contributed by atoms with Crippen molar-refractivity contribution in [2.75, 3.05) is 46.6 Å². The highest BCUT2D eigenvalue weighted by atomic mass is 16.5. The topological polar surface area (TPSA) is 103 Å². The number of nitrogens with two attached hydrogens (primary N) is 1. The summed E-state index contributed by atoms with van der Waals surface area (Å²) >= 11 is 0. The predicted molar refractivity (Wildman–Crippen MR) is 168 cm³/mol. The van der Waals surface area contributed by atoms with Crippen LogP contribution in [0.5, 0.6) is 0 Å². The molecule has 4 N–H and O–H groups in total. The number of aliphatic hydroxyl groups excluding tert-OH is 1. The molecule has 7 heteroatoms. The van der Waals surface area contributed by atoms with E-state index < -0.39 is 0 Å². The number of carbonyl (C=O) groups is 1. The normalized spacial score (nSPS) is 38.4. The van der Waals surface area contributed by atoms with Crippen LogP contribution < -0.4 is 11.1 Å². The summed E-state index contributed by atoms with van der Waals surface area (Å²) in [6, 6.07) is 0.514. The summed E-state index contributed by atoms with van der Waals surface area (Å²) in [7, 11) is 1.50. The number of unbranched alkanes of at least 4 members (excludes halogenated alkanes) is 1. The minimum atomic E-state index is -0.179. The molecule has 10 atom stereocenters. The Morgan fingerprint density at radius 2 is 1.57 bits per heavy atom. The van der Waals surface area contributed by atoms with Crippen molar-refractivity contribution in [1.82, 2.24) is 5.32 Å². The molecule has 7 nitrogen and oxygen atoms in total. The number of aliphatic hydroxyl groups is 1. The number of ether oxygens (including phenoxy) is 3. The van der Waals surface area contributed by atoms with Crippen LogP contribution in [0.2, 0.25) is 0 Å². The largest absolute Gasteiger partial charge is 0.469 e. The molecule has 4 saturated carbocycles. The van der Waals surface area contributed by atoms with Crippen LogP contribution >= 0.6 is 0 Å². The lowest BCUT2D eigenvalue weighted by molar-refractivity contribution is -0.162. The fourth-order valence-corrected chi connectivity index (χ4v) is 10.4. The van der Waals surface area contributed by atoms with Gasteiger partial charge in [-0.25, -0.2) is 0 Å². The monoisotopic (exact) mass is 592 g/mol. The average molecular weight is 593 g/mol. The van der Waals surface area contributed by atoms with Gasteiger partial charge in [0.2, 0.25) is 0 Å². The standard InChI is InChI=1S/C35H64N2O5/c1-25(9-12-33(39)40-4)28-10-11-29-27-24-32(38)31-23-26(13-15-35(31,3)30(27)14-16-34(28,29)2)37-18-8-22-42-20-6-5-19-41-21-7-17-36/h25-32,37-38H,5-24,36H2,1-4H3/t25-,26+,27?,28-,29?,30?,31-,32-,34-,35-/m1/s1. The van der Waals surface area contributed by atoms with Crippen molar-refractivity contribution in [3.05, 3.63) is 0 Å². The molecule has 4 aliphatic carbocycles. The Bertz CT molecular complexity index is 827. The summed E-state index contributed by atoms with van der Waals surface area (Å²) in [5.74, 6) is 3.67. The smallest absolute Gasteiger partial charge is 0.305 e. The van der Waals surface area contributed by atoms with Gasteiger partial charge in [-0.05, 0) is 143 Å². The molecule has 4 fully saturated rings. The SMILES string of the molecule is COC(=O)CC[C@@H](C)[C@H]1CCC2C3C[C@@H](O)[C@H]4C[C@@H](NCCCOCCCCOCCCN)CC[C@]4(C)C3CC[C@@]21C. The van der Waals surface area contributed by atoms with Crippen LogP contribution in [0.25, 0.3) is 0 Å². The molecule has 0 spiro atoms. The number of carbonyl (C=O) groups excluding carboxylic acids is 1. The van der Waals surface area contributed by atoms with Gasteiger partial charge in [-0.2, -0.15) is 0 Å². The van der Waals surface area contributed by atoms with Crippen LogP contribution in [0.3, 0.4) is 0 Å². The maximum absolute atomic E-state index is 11.8. The first-order valence-electron chi connectivity index (χ1n) is 17.6. The molecule has 244 valence electrons. The molecule has 4 aliphatic rings. The van der Waals surface area contributed by atoms with Gasteiger partial charge in [0.05, 0.1) is 13.2 Å². The molecule has 3 unspecified atom stereocenters. The van der Waals surface area contributed by atoms with Crippen molar-refractivity contribution in [2.24, 2.45) is 52.1 Å². The van der Waals surface area contributed by atoms with Crippen molar-refractivity contribution in [2.45, 2.75) is 123 Å². The molecular weight excluding hydrogens is 528 g/mol. The van der Waals surface area contributed by atoms with Crippen molar-refractivity contribution in [3.63, 3.8) is 0 Å². The summed E-state index contributed by atoms with van der Waals surface area (Å²) in [5.41, 5.74) is 6.09. The third-order valence-corrected chi connectivity index (χ3v) is 12.7. The summed E-state index contributed by atoms with van der Waals surface area (Å²) in [6.07, 6.45) is 15.1. The van der Waals surface area contributed by atoms with E-state index in [-0.39, 0.29) is 17.5 Å². The highest BCUT2D eigenvalue weighted by Crippen LogP contribution is 2.68. The van der Waals surface area contributed by atoms with Gasteiger partial charge in [-0.3, -0.25) is 4.79 Å². The Labute approximate surface area is 256 Å². The molecule has 42 heavy (non-hydrogen) atoms. The van der Waals surface area contributed by atoms with Crippen LogP contribution in [0.15, 0.2) is 0 Å². The molecule has 4 rings (SSSR count). The van der Waals surface area contributed by atoms with E-state index in [4.69, 9.17) is 19.9 Å². The van der Waals surface area contributed by atoms with E-state index in [9.17, 15) is 9.90 Å². The van der Waals surface area contributed by atoms with Gasteiger partial charge in [-0.1, -0.05) is 20.8 Å². The van der Waals surface area contributed by atoms with E-state index >= 15 is 0 Å². The highest BCUT2D eigenvalue weighted by Gasteiger charge is 2.62. The number of fused-ring (bicyclic) bond motifs is 5. The average Bonchev–Trinajstić information content (AvgIpc) is 3.34. The second-order valence-electron chi connectivity index (χ2n) is 15.0. The first-order valence-corrected chi connectivity index (χ1v) is 17.6. The third-order valence-electron chi connectivity index (χ3n) is 12.7. The molecule has 0 aromatic carbocycles. The Morgan fingerprint density at radius 3 is 2.29 bits per heavy atom. The van der Waals surface area contributed by atoms with E-state index in [1.807, 2.05) is 0 Å². The summed E-state index contributed by atoms with van der Waals surface area (Å²) in [5, 5.41) is 15.5. The van der Waals surface area contributed by atoms with Gasteiger partial charge in [0.1, 0.15) is 0 Å². The van der Waals surface area contributed by atoms with E-state index in [1.165, 1.54) is 45.6 Å². The molecule has 0 amide bonds. The van der Waals surface area contributed by atoms with Gasteiger partial charge in [0.15, 0.2) is 0 Å². The van der Waals surface area contributed by atoms with Crippen LogP contribution in [-0.4, -0.2) is 69.8 Å². The molecule has 0 bridgehead atoms.